The van der Waals surface area contributed by atoms with E-state index in [4.69, 9.17) is 9.47 Å². The molecule has 0 fully saturated rings. The first-order valence-corrected chi connectivity index (χ1v) is 6.49. The number of nitrogens with zero attached hydrogens (tertiary/aromatic N) is 1. The first kappa shape index (κ1) is 13.1. The average molecular weight is 279 g/mol. The molecular weight excluding hydrogens is 266 g/mol. The molecule has 2 aromatic carbocycles. The summed E-state index contributed by atoms with van der Waals surface area (Å²) >= 11 is 0. The zero-order valence-electron chi connectivity index (χ0n) is 11.4. The molecule has 104 valence electrons. The standard InChI is InChI=1S/C17H13NO3/c1-20-15-10-6-5-9-13(15)11-14-17(19)21-16(18-14)12-7-3-2-4-8-12/h2-11H,1H3/b14-11+. The number of para-hydroxylation sites is 1. The van der Waals surface area contributed by atoms with Crippen molar-refractivity contribution in [3.63, 3.8) is 0 Å². The maximum absolute atomic E-state index is 11.9. The molecule has 4 heteroatoms. The predicted octanol–water partition coefficient (Wildman–Crippen LogP) is 3.04. The number of hydrogen-bond acceptors (Lipinski definition) is 4. The molecule has 1 aliphatic rings. The molecule has 0 amide bonds. The average Bonchev–Trinajstić information content (AvgIpc) is 2.90. The zero-order valence-corrected chi connectivity index (χ0v) is 11.4. The minimum absolute atomic E-state index is 0.262. The SMILES string of the molecule is COc1ccccc1/C=C1/N=C(c2ccccc2)OC1=O. The lowest BCUT2D eigenvalue weighted by Crippen LogP contribution is -2.04. The molecular formula is C17H13NO3. The summed E-state index contributed by atoms with van der Waals surface area (Å²) in [5.74, 6) is 0.544. The van der Waals surface area contributed by atoms with E-state index in [1.807, 2.05) is 54.6 Å². The van der Waals surface area contributed by atoms with Crippen LogP contribution in [0, 0.1) is 0 Å². The molecule has 0 radical (unpaired) electrons. The van der Waals surface area contributed by atoms with Gasteiger partial charge in [0, 0.05) is 11.1 Å². The number of ether oxygens (including phenoxy) is 2. The van der Waals surface area contributed by atoms with Gasteiger partial charge in [-0.25, -0.2) is 9.79 Å². The normalized spacial score (nSPS) is 15.8. The number of rotatable bonds is 3. The van der Waals surface area contributed by atoms with Crippen LogP contribution in [0.1, 0.15) is 11.1 Å². The fraction of sp³-hybridized carbons (Fsp3) is 0.0588. The van der Waals surface area contributed by atoms with Gasteiger partial charge in [-0.3, -0.25) is 0 Å². The Morgan fingerprint density at radius 1 is 1.05 bits per heavy atom. The van der Waals surface area contributed by atoms with Crippen LogP contribution in [0.25, 0.3) is 6.08 Å². The maximum atomic E-state index is 11.9. The summed E-state index contributed by atoms with van der Waals surface area (Å²) in [5, 5.41) is 0. The van der Waals surface area contributed by atoms with E-state index in [0.717, 1.165) is 11.1 Å². The lowest BCUT2D eigenvalue weighted by Gasteiger charge is -2.03. The van der Waals surface area contributed by atoms with Crippen LogP contribution in [0.5, 0.6) is 5.75 Å². The Hall–Kier alpha value is -2.88. The molecule has 0 aromatic heterocycles. The van der Waals surface area contributed by atoms with Crippen molar-refractivity contribution < 1.29 is 14.3 Å². The van der Waals surface area contributed by atoms with Crippen molar-refractivity contribution in [2.45, 2.75) is 0 Å². The Morgan fingerprint density at radius 3 is 2.52 bits per heavy atom. The monoisotopic (exact) mass is 279 g/mol. The smallest absolute Gasteiger partial charge is 0.363 e. The van der Waals surface area contributed by atoms with Gasteiger partial charge in [-0.05, 0) is 24.3 Å². The van der Waals surface area contributed by atoms with Crippen LogP contribution in [-0.2, 0) is 9.53 Å². The highest BCUT2D eigenvalue weighted by atomic mass is 16.6. The Balaban J connectivity index is 1.97. The van der Waals surface area contributed by atoms with E-state index in [1.54, 1.807) is 13.2 Å². The molecule has 4 nitrogen and oxygen atoms in total. The van der Waals surface area contributed by atoms with Gasteiger partial charge in [-0.2, -0.15) is 0 Å². The highest BCUT2D eigenvalue weighted by molar-refractivity contribution is 6.12. The van der Waals surface area contributed by atoms with E-state index in [1.165, 1.54) is 0 Å². The van der Waals surface area contributed by atoms with Crippen LogP contribution < -0.4 is 4.74 Å². The molecule has 0 spiro atoms. The second-order valence-corrected chi connectivity index (χ2v) is 4.44. The minimum atomic E-state index is -0.459. The second kappa shape index (κ2) is 5.63. The number of hydrogen-bond donors (Lipinski definition) is 0. The number of benzene rings is 2. The van der Waals surface area contributed by atoms with Crippen molar-refractivity contribution in [1.82, 2.24) is 0 Å². The molecule has 0 unspecified atom stereocenters. The molecule has 0 bridgehead atoms. The lowest BCUT2D eigenvalue weighted by molar-refractivity contribution is -0.129. The first-order valence-electron chi connectivity index (χ1n) is 6.49. The number of aliphatic imine (C=N–C) groups is 1. The van der Waals surface area contributed by atoms with Gasteiger partial charge >= 0.3 is 5.97 Å². The van der Waals surface area contributed by atoms with Crippen molar-refractivity contribution >= 4 is 17.9 Å². The third-order valence-corrected chi connectivity index (χ3v) is 3.07. The fourth-order valence-corrected chi connectivity index (χ4v) is 2.05. The molecule has 21 heavy (non-hydrogen) atoms. The molecule has 3 rings (SSSR count). The van der Waals surface area contributed by atoms with E-state index >= 15 is 0 Å². The van der Waals surface area contributed by atoms with Gasteiger partial charge in [0.1, 0.15) is 5.75 Å². The van der Waals surface area contributed by atoms with Crippen molar-refractivity contribution in [2.24, 2.45) is 4.99 Å². The number of carbonyl (C=O) groups excluding carboxylic acids is 1. The number of methoxy groups -OCH3 is 1. The van der Waals surface area contributed by atoms with Crippen LogP contribution in [-0.4, -0.2) is 19.0 Å². The quantitative estimate of drug-likeness (QED) is 0.641. The fourth-order valence-electron chi connectivity index (χ4n) is 2.05. The van der Waals surface area contributed by atoms with Crippen LogP contribution in [0.4, 0.5) is 0 Å². The molecule has 1 heterocycles. The molecule has 1 aliphatic heterocycles. The van der Waals surface area contributed by atoms with Crippen LogP contribution in [0.15, 0.2) is 65.3 Å². The number of esters is 1. The Labute approximate surface area is 122 Å². The summed E-state index contributed by atoms with van der Waals surface area (Å²) in [6.45, 7) is 0. The molecule has 0 aliphatic carbocycles. The first-order chi connectivity index (χ1) is 10.3. The zero-order chi connectivity index (χ0) is 14.7. The third-order valence-electron chi connectivity index (χ3n) is 3.07. The van der Waals surface area contributed by atoms with Crippen molar-refractivity contribution in [1.29, 1.82) is 0 Å². The van der Waals surface area contributed by atoms with E-state index < -0.39 is 5.97 Å². The van der Waals surface area contributed by atoms with Crippen molar-refractivity contribution in [2.75, 3.05) is 7.11 Å². The summed E-state index contributed by atoms with van der Waals surface area (Å²) in [6, 6.07) is 16.7. The van der Waals surface area contributed by atoms with Gasteiger partial charge in [0.2, 0.25) is 5.90 Å². The summed E-state index contributed by atoms with van der Waals surface area (Å²) in [4.78, 5) is 16.2. The Bertz CT molecular complexity index is 733. The van der Waals surface area contributed by atoms with Gasteiger partial charge in [0.05, 0.1) is 7.11 Å². The molecule has 0 saturated heterocycles. The van der Waals surface area contributed by atoms with Crippen molar-refractivity contribution in [3.05, 3.63) is 71.4 Å². The van der Waals surface area contributed by atoms with Crippen molar-refractivity contribution in [3.8, 4) is 5.75 Å². The van der Waals surface area contributed by atoms with Gasteiger partial charge in [-0.15, -0.1) is 0 Å². The third kappa shape index (κ3) is 2.69. The topological polar surface area (TPSA) is 47.9 Å². The predicted molar refractivity (Wildman–Crippen MR) is 80.0 cm³/mol. The van der Waals surface area contributed by atoms with E-state index in [-0.39, 0.29) is 5.70 Å². The molecule has 0 atom stereocenters. The summed E-state index contributed by atoms with van der Waals surface area (Å²) < 4.78 is 10.5. The molecule has 0 saturated carbocycles. The van der Waals surface area contributed by atoms with Crippen LogP contribution in [0.2, 0.25) is 0 Å². The van der Waals surface area contributed by atoms with Gasteiger partial charge in [0.15, 0.2) is 5.70 Å². The largest absolute Gasteiger partial charge is 0.496 e. The second-order valence-electron chi connectivity index (χ2n) is 4.44. The van der Waals surface area contributed by atoms with Gasteiger partial charge in [-0.1, -0.05) is 36.4 Å². The van der Waals surface area contributed by atoms with E-state index in [9.17, 15) is 4.79 Å². The highest BCUT2D eigenvalue weighted by Gasteiger charge is 2.24. The van der Waals surface area contributed by atoms with E-state index in [2.05, 4.69) is 4.99 Å². The van der Waals surface area contributed by atoms with E-state index in [0.29, 0.717) is 11.6 Å². The van der Waals surface area contributed by atoms with Crippen LogP contribution in [0.3, 0.4) is 0 Å². The highest BCUT2D eigenvalue weighted by Crippen LogP contribution is 2.24. The summed E-state index contributed by atoms with van der Waals surface area (Å²) in [6.07, 6.45) is 1.66. The maximum Gasteiger partial charge on any atom is 0.363 e. The number of cyclic esters (lactones) is 1. The Kier molecular flexibility index (Phi) is 3.51. The lowest BCUT2D eigenvalue weighted by atomic mass is 10.1. The minimum Gasteiger partial charge on any atom is -0.496 e. The summed E-state index contributed by atoms with van der Waals surface area (Å²) in [5.41, 5.74) is 1.82. The van der Waals surface area contributed by atoms with Gasteiger partial charge in [0.25, 0.3) is 0 Å². The molecule has 2 aromatic rings. The van der Waals surface area contributed by atoms with Gasteiger partial charge < -0.3 is 9.47 Å². The molecule has 0 N–H and O–H groups in total. The number of carbonyl (C=O) groups is 1. The summed E-state index contributed by atoms with van der Waals surface area (Å²) in [7, 11) is 1.59. The Morgan fingerprint density at radius 2 is 1.76 bits per heavy atom. The van der Waals surface area contributed by atoms with Crippen LogP contribution >= 0.6 is 0 Å².